The van der Waals surface area contributed by atoms with Crippen molar-refractivity contribution in [3.8, 4) is 0 Å². The van der Waals surface area contributed by atoms with E-state index in [1.807, 2.05) is 20.8 Å². The molecule has 0 bridgehead atoms. The molecule has 2 N–H and O–H groups in total. The topological polar surface area (TPSA) is 58.6 Å². The minimum Gasteiger partial charge on any atom is -0.444 e. The number of carbonyl (C=O) groups excluding carboxylic acids is 1. The summed E-state index contributed by atoms with van der Waals surface area (Å²) in [7, 11) is 0. The Bertz CT molecular complexity index is 520. The van der Waals surface area contributed by atoms with Crippen LogP contribution in [0.2, 0.25) is 0 Å². The summed E-state index contributed by atoms with van der Waals surface area (Å²) in [5, 5.41) is 12.3. The lowest BCUT2D eigenvalue weighted by Crippen LogP contribution is -2.36. The highest BCUT2D eigenvalue weighted by molar-refractivity contribution is 5.67. The molecule has 1 aliphatic carbocycles. The number of rotatable bonds is 5. The Balaban J connectivity index is 1.86. The predicted molar refractivity (Wildman–Crippen MR) is 87.0 cm³/mol. The van der Waals surface area contributed by atoms with Gasteiger partial charge in [-0.3, -0.25) is 0 Å². The molecule has 1 atom stereocenters. The number of aryl methyl sites for hydroxylation is 2. The fourth-order valence-corrected chi connectivity index (χ4v) is 2.83. The van der Waals surface area contributed by atoms with E-state index in [4.69, 9.17) is 4.74 Å². The van der Waals surface area contributed by atoms with Gasteiger partial charge in [0.2, 0.25) is 0 Å². The molecule has 0 aliphatic heterocycles. The van der Waals surface area contributed by atoms with E-state index in [1.165, 1.54) is 29.5 Å². The normalized spacial score (nSPS) is 15.3. The molecule has 0 fully saturated rings. The zero-order valence-corrected chi connectivity index (χ0v) is 13.8. The molecule has 22 heavy (non-hydrogen) atoms. The third kappa shape index (κ3) is 5.02. The van der Waals surface area contributed by atoms with Gasteiger partial charge >= 0.3 is 6.09 Å². The fourth-order valence-electron chi connectivity index (χ4n) is 2.83. The standard InChI is InChI=1S/C18H27NO3/c1-18(2,3)22-17(21)19-11-14(12-20)9-13-7-8-15-5-4-6-16(15)10-13/h7-8,10,14,20H,4-6,9,11-12H2,1-3H3,(H,19,21). The quantitative estimate of drug-likeness (QED) is 0.879. The van der Waals surface area contributed by atoms with Gasteiger partial charge in [0, 0.05) is 19.1 Å². The van der Waals surface area contributed by atoms with E-state index >= 15 is 0 Å². The summed E-state index contributed by atoms with van der Waals surface area (Å²) in [6.45, 7) is 5.97. The number of hydrogen-bond acceptors (Lipinski definition) is 3. The maximum Gasteiger partial charge on any atom is 0.407 e. The Morgan fingerprint density at radius 3 is 2.73 bits per heavy atom. The Hall–Kier alpha value is -1.55. The van der Waals surface area contributed by atoms with Crippen molar-refractivity contribution in [3.05, 3.63) is 34.9 Å². The number of amides is 1. The first-order valence-electron chi connectivity index (χ1n) is 8.06. The van der Waals surface area contributed by atoms with Gasteiger partial charge < -0.3 is 15.2 Å². The van der Waals surface area contributed by atoms with Crippen molar-refractivity contribution in [1.82, 2.24) is 5.32 Å². The zero-order valence-electron chi connectivity index (χ0n) is 13.8. The van der Waals surface area contributed by atoms with Crippen LogP contribution in [0.25, 0.3) is 0 Å². The fraction of sp³-hybridized carbons (Fsp3) is 0.611. The molecule has 0 heterocycles. The maximum atomic E-state index is 11.7. The van der Waals surface area contributed by atoms with Crippen LogP contribution in [0.4, 0.5) is 4.79 Å². The minimum absolute atomic E-state index is 0.00646. The van der Waals surface area contributed by atoms with Crippen LogP contribution in [0, 0.1) is 5.92 Å². The van der Waals surface area contributed by atoms with Gasteiger partial charge in [-0.1, -0.05) is 18.2 Å². The van der Waals surface area contributed by atoms with Crippen LogP contribution in [0.5, 0.6) is 0 Å². The molecule has 4 heteroatoms. The van der Waals surface area contributed by atoms with Crippen LogP contribution in [0.1, 0.15) is 43.9 Å². The van der Waals surface area contributed by atoms with Crippen LogP contribution >= 0.6 is 0 Å². The van der Waals surface area contributed by atoms with Gasteiger partial charge in [-0.25, -0.2) is 4.79 Å². The molecule has 0 saturated carbocycles. The van der Waals surface area contributed by atoms with Gasteiger partial charge in [-0.15, -0.1) is 0 Å². The van der Waals surface area contributed by atoms with Crippen molar-refractivity contribution in [1.29, 1.82) is 0 Å². The van der Waals surface area contributed by atoms with Crippen molar-refractivity contribution in [3.63, 3.8) is 0 Å². The van der Waals surface area contributed by atoms with Gasteiger partial charge in [-0.2, -0.15) is 0 Å². The minimum atomic E-state index is -0.501. The summed E-state index contributed by atoms with van der Waals surface area (Å²) in [4.78, 5) is 11.7. The highest BCUT2D eigenvalue weighted by Crippen LogP contribution is 2.23. The smallest absolute Gasteiger partial charge is 0.407 e. The lowest BCUT2D eigenvalue weighted by atomic mass is 9.97. The first-order chi connectivity index (χ1) is 10.4. The summed E-state index contributed by atoms with van der Waals surface area (Å²) >= 11 is 0. The molecular formula is C18H27NO3. The van der Waals surface area contributed by atoms with E-state index in [0.29, 0.717) is 6.54 Å². The molecule has 1 unspecified atom stereocenters. The Morgan fingerprint density at radius 1 is 1.32 bits per heavy atom. The first-order valence-corrected chi connectivity index (χ1v) is 8.06. The predicted octanol–water partition coefficient (Wildman–Crippen LogP) is 2.85. The van der Waals surface area contributed by atoms with Gasteiger partial charge in [0.15, 0.2) is 0 Å². The van der Waals surface area contributed by atoms with E-state index in [0.717, 1.165) is 12.8 Å². The van der Waals surface area contributed by atoms with E-state index in [2.05, 4.69) is 23.5 Å². The first kappa shape index (κ1) is 16.8. The molecule has 2 rings (SSSR count). The molecule has 1 aromatic rings. The third-order valence-corrected chi connectivity index (χ3v) is 3.88. The Labute approximate surface area is 132 Å². The van der Waals surface area contributed by atoms with E-state index in [1.54, 1.807) is 0 Å². The second kappa shape index (κ2) is 7.14. The molecule has 0 aromatic heterocycles. The number of ether oxygens (including phenoxy) is 1. The average molecular weight is 305 g/mol. The van der Waals surface area contributed by atoms with Crippen molar-refractivity contribution < 1.29 is 14.6 Å². The number of fused-ring (bicyclic) bond motifs is 1. The molecule has 0 spiro atoms. The Morgan fingerprint density at radius 2 is 2.05 bits per heavy atom. The number of benzene rings is 1. The van der Waals surface area contributed by atoms with Crippen molar-refractivity contribution in [2.24, 2.45) is 5.92 Å². The van der Waals surface area contributed by atoms with Crippen LogP contribution in [0.3, 0.4) is 0 Å². The van der Waals surface area contributed by atoms with Crippen molar-refractivity contribution >= 4 is 6.09 Å². The number of alkyl carbamates (subject to hydrolysis) is 1. The highest BCUT2D eigenvalue weighted by Gasteiger charge is 2.18. The number of nitrogens with one attached hydrogen (secondary N) is 1. The number of carbonyl (C=O) groups is 1. The van der Waals surface area contributed by atoms with Crippen LogP contribution in [-0.2, 0) is 24.0 Å². The largest absolute Gasteiger partial charge is 0.444 e. The second-order valence-electron chi connectivity index (χ2n) is 7.09. The number of hydrogen-bond donors (Lipinski definition) is 2. The molecule has 122 valence electrons. The van der Waals surface area contributed by atoms with Gasteiger partial charge in [0.05, 0.1) is 0 Å². The van der Waals surface area contributed by atoms with Gasteiger partial charge in [-0.05, 0) is 63.1 Å². The summed E-state index contributed by atoms with van der Waals surface area (Å²) in [6.07, 6.45) is 3.91. The third-order valence-electron chi connectivity index (χ3n) is 3.88. The molecule has 0 radical (unpaired) electrons. The number of aliphatic hydroxyl groups is 1. The molecule has 1 amide bonds. The van der Waals surface area contributed by atoms with Gasteiger partial charge in [0.25, 0.3) is 0 Å². The molecule has 1 aromatic carbocycles. The highest BCUT2D eigenvalue weighted by atomic mass is 16.6. The van der Waals surface area contributed by atoms with Crippen LogP contribution in [-0.4, -0.2) is 30.0 Å². The second-order valence-corrected chi connectivity index (χ2v) is 7.09. The van der Waals surface area contributed by atoms with E-state index in [9.17, 15) is 9.90 Å². The molecule has 1 aliphatic rings. The van der Waals surface area contributed by atoms with Crippen molar-refractivity contribution in [2.75, 3.05) is 13.2 Å². The molecule has 4 nitrogen and oxygen atoms in total. The maximum absolute atomic E-state index is 11.7. The SMILES string of the molecule is CC(C)(C)OC(=O)NCC(CO)Cc1ccc2c(c1)CCC2. The summed E-state index contributed by atoms with van der Waals surface area (Å²) in [5.74, 6) is 0.00646. The Kier molecular flexibility index (Phi) is 5.46. The average Bonchev–Trinajstić information content (AvgIpc) is 2.88. The molecular weight excluding hydrogens is 278 g/mol. The van der Waals surface area contributed by atoms with E-state index < -0.39 is 11.7 Å². The monoisotopic (exact) mass is 305 g/mol. The molecule has 0 saturated heterocycles. The van der Waals surface area contributed by atoms with Crippen molar-refractivity contribution in [2.45, 2.75) is 52.1 Å². The van der Waals surface area contributed by atoms with Crippen LogP contribution in [0.15, 0.2) is 18.2 Å². The zero-order chi connectivity index (χ0) is 16.2. The summed E-state index contributed by atoms with van der Waals surface area (Å²) < 4.78 is 5.21. The lowest BCUT2D eigenvalue weighted by molar-refractivity contribution is 0.0512. The van der Waals surface area contributed by atoms with Crippen LogP contribution < -0.4 is 5.32 Å². The summed E-state index contributed by atoms with van der Waals surface area (Å²) in [5.41, 5.74) is 3.62. The van der Waals surface area contributed by atoms with E-state index in [-0.39, 0.29) is 12.5 Å². The van der Waals surface area contributed by atoms with Gasteiger partial charge in [0.1, 0.15) is 5.60 Å². The summed E-state index contributed by atoms with van der Waals surface area (Å²) in [6, 6.07) is 6.59. The number of aliphatic hydroxyl groups excluding tert-OH is 1. The lowest BCUT2D eigenvalue weighted by Gasteiger charge is -2.21.